The molecule has 0 aromatic heterocycles. The molecule has 1 saturated heterocycles. The summed E-state index contributed by atoms with van der Waals surface area (Å²) in [6.07, 6.45) is 8.25. The van der Waals surface area contributed by atoms with Gasteiger partial charge in [0.1, 0.15) is 0 Å². The molecule has 4 nitrogen and oxygen atoms in total. The van der Waals surface area contributed by atoms with Crippen LogP contribution in [0, 0.1) is 0 Å². The zero-order chi connectivity index (χ0) is 11.1. The Bertz CT molecular complexity index is 348. The molecule has 2 atom stereocenters. The van der Waals surface area contributed by atoms with E-state index in [9.17, 15) is 0 Å². The molecule has 0 amide bonds. The summed E-state index contributed by atoms with van der Waals surface area (Å²) in [4.78, 5) is 2.40. The quantitative estimate of drug-likeness (QED) is 0.659. The summed E-state index contributed by atoms with van der Waals surface area (Å²) < 4.78 is 1.29. The molecule has 0 aromatic carbocycles. The summed E-state index contributed by atoms with van der Waals surface area (Å²) in [6, 6.07) is 1.06. The third-order valence-corrected chi connectivity index (χ3v) is 3.98. The Morgan fingerprint density at radius 2 is 2.19 bits per heavy atom. The molecule has 3 aliphatic rings. The Kier molecular flexibility index (Phi) is 2.64. The topological polar surface area (TPSA) is 44.5 Å². The normalized spacial score (nSPS) is 30.0. The molecule has 1 unspecified atom stereocenters. The van der Waals surface area contributed by atoms with Crippen molar-refractivity contribution in [1.82, 2.24) is 15.3 Å². The van der Waals surface area contributed by atoms with Crippen LogP contribution in [-0.2, 0) is 0 Å². The maximum absolute atomic E-state index is 5.96. The first-order valence-electron chi connectivity index (χ1n) is 5.97. The van der Waals surface area contributed by atoms with Crippen molar-refractivity contribution in [3.05, 3.63) is 22.5 Å². The first-order valence-corrected chi connectivity index (χ1v) is 7.18. The number of nitrogens with one attached hydrogen (secondary N) is 1. The summed E-state index contributed by atoms with van der Waals surface area (Å²) in [6.45, 7) is 2.10. The molecule has 2 fully saturated rings. The van der Waals surface area contributed by atoms with Gasteiger partial charge in [0.2, 0.25) is 0 Å². The van der Waals surface area contributed by atoms with Gasteiger partial charge in [-0.1, -0.05) is 0 Å². The molecule has 0 radical (unpaired) electrons. The number of hydrazine groups is 1. The average Bonchev–Trinajstić information content (AvgIpc) is 3.01. The molecule has 16 heavy (non-hydrogen) atoms. The van der Waals surface area contributed by atoms with Crippen molar-refractivity contribution in [2.45, 2.75) is 31.3 Å². The van der Waals surface area contributed by atoms with Gasteiger partial charge in [0.15, 0.2) is 0 Å². The predicted octanol–water partition coefficient (Wildman–Crippen LogP) is -0.682. The van der Waals surface area contributed by atoms with Crippen LogP contribution in [0.25, 0.3) is 0 Å². The van der Waals surface area contributed by atoms with Crippen molar-refractivity contribution in [2.24, 2.45) is 5.73 Å². The predicted molar refractivity (Wildman–Crippen MR) is 66.9 cm³/mol. The zero-order valence-corrected chi connectivity index (χ0v) is 11.8. The summed E-state index contributed by atoms with van der Waals surface area (Å²) >= 11 is 1.65. The number of nitrogens with two attached hydrogens (primary N) is 1. The first kappa shape index (κ1) is 10.5. The molecule has 0 spiro atoms. The van der Waals surface area contributed by atoms with Gasteiger partial charge in [0.05, 0.1) is 0 Å². The van der Waals surface area contributed by atoms with Crippen LogP contribution in [-0.4, -0.2) is 51.9 Å². The maximum atomic E-state index is 5.96. The van der Waals surface area contributed by atoms with Crippen LogP contribution in [0.5, 0.6) is 0 Å². The molecule has 0 bridgehead atoms. The average molecular weight is 282 g/mol. The number of nitrogens with zero attached hydrogens (tertiary/aromatic N) is 2. The monoisotopic (exact) mass is 282 g/mol. The van der Waals surface area contributed by atoms with Crippen molar-refractivity contribution in [2.75, 3.05) is 13.1 Å². The SMILES string of the molecule is N[C@H]1CCN(C2=CN(C3CC3)NC([AsH2])=C2)C1. The summed E-state index contributed by atoms with van der Waals surface area (Å²) in [5.41, 5.74) is 10.7. The first-order chi connectivity index (χ1) is 7.72. The van der Waals surface area contributed by atoms with Crippen molar-refractivity contribution in [3.8, 4) is 0 Å². The fourth-order valence-electron chi connectivity index (χ4n) is 2.30. The summed E-state index contributed by atoms with van der Waals surface area (Å²) in [5, 5.41) is 2.27. The number of likely N-dealkylation sites (tertiary alicyclic amines) is 1. The molecule has 2 aliphatic heterocycles. The molecule has 3 N–H and O–H groups in total. The van der Waals surface area contributed by atoms with Crippen LogP contribution >= 0.6 is 0 Å². The Hall–Kier alpha value is -0.602. The van der Waals surface area contributed by atoms with Gasteiger partial charge in [-0.2, -0.15) is 0 Å². The number of hydrogen-bond donors (Lipinski definition) is 2. The Morgan fingerprint density at radius 3 is 2.81 bits per heavy atom. The zero-order valence-electron chi connectivity index (χ0n) is 9.39. The van der Waals surface area contributed by atoms with E-state index < -0.39 is 0 Å². The van der Waals surface area contributed by atoms with Crippen molar-refractivity contribution in [3.63, 3.8) is 0 Å². The van der Waals surface area contributed by atoms with Gasteiger partial charge >= 0.3 is 105 Å². The van der Waals surface area contributed by atoms with Crippen LogP contribution in [0.4, 0.5) is 0 Å². The molecule has 1 saturated carbocycles. The fourth-order valence-corrected chi connectivity index (χ4v) is 2.97. The number of rotatable bonds is 2. The van der Waals surface area contributed by atoms with Crippen molar-refractivity contribution < 1.29 is 0 Å². The van der Waals surface area contributed by atoms with E-state index in [1.54, 1.807) is 16.9 Å². The van der Waals surface area contributed by atoms with E-state index in [-0.39, 0.29) is 0 Å². The van der Waals surface area contributed by atoms with Crippen LogP contribution in [0.1, 0.15) is 19.3 Å². The van der Waals surface area contributed by atoms with E-state index in [2.05, 4.69) is 27.6 Å². The van der Waals surface area contributed by atoms with Gasteiger partial charge in [-0.05, 0) is 0 Å². The molecular weight excluding hydrogens is 263 g/mol. The van der Waals surface area contributed by atoms with E-state index in [1.165, 1.54) is 23.0 Å². The standard InChI is InChI=1S/C11H19AsN4/c12-11-5-10(15-4-3-8(13)6-15)7-16(14-11)9-1-2-9/h5,7-9,14H,1-4,6,12-13H2/t8-/m0/s1. The molecule has 0 aromatic rings. The van der Waals surface area contributed by atoms with E-state index in [1.807, 2.05) is 0 Å². The van der Waals surface area contributed by atoms with Crippen molar-refractivity contribution in [1.29, 1.82) is 0 Å². The third-order valence-electron chi connectivity index (χ3n) is 3.36. The third kappa shape index (κ3) is 2.09. The molecule has 2 heterocycles. The van der Waals surface area contributed by atoms with E-state index >= 15 is 0 Å². The van der Waals surface area contributed by atoms with Gasteiger partial charge in [-0.3, -0.25) is 0 Å². The van der Waals surface area contributed by atoms with Gasteiger partial charge < -0.3 is 0 Å². The summed E-state index contributed by atoms with van der Waals surface area (Å²) in [7, 11) is 0. The van der Waals surface area contributed by atoms with E-state index in [0.717, 1.165) is 19.5 Å². The Morgan fingerprint density at radius 1 is 1.38 bits per heavy atom. The Balaban J connectivity index is 1.76. The minimum absolute atomic E-state index is 0.351. The van der Waals surface area contributed by atoms with E-state index in [0.29, 0.717) is 12.1 Å². The van der Waals surface area contributed by atoms with E-state index in [4.69, 9.17) is 5.73 Å². The number of allylic oxidation sites excluding steroid dienone is 1. The van der Waals surface area contributed by atoms with Gasteiger partial charge in [0, 0.05) is 0 Å². The molecule has 3 rings (SSSR count). The van der Waals surface area contributed by atoms with Crippen LogP contribution < -0.4 is 11.2 Å². The van der Waals surface area contributed by atoms with Gasteiger partial charge in [-0.15, -0.1) is 0 Å². The van der Waals surface area contributed by atoms with Crippen LogP contribution in [0.2, 0.25) is 0 Å². The molecule has 5 heteroatoms. The molecule has 1 aliphatic carbocycles. The molecular formula is C11H19AsN4. The van der Waals surface area contributed by atoms with Gasteiger partial charge in [0.25, 0.3) is 0 Å². The number of hydrogen-bond acceptors (Lipinski definition) is 4. The Labute approximate surface area is 105 Å². The van der Waals surface area contributed by atoms with Gasteiger partial charge in [-0.25, -0.2) is 0 Å². The molecule has 88 valence electrons. The minimum atomic E-state index is 0.351. The summed E-state index contributed by atoms with van der Waals surface area (Å²) in [5.74, 6) is 0. The van der Waals surface area contributed by atoms with Crippen LogP contribution in [0.3, 0.4) is 0 Å². The second-order valence-corrected chi connectivity index (χ2v) is 6.20. The van der Waals surface area contributed by atoms with Crippen LogP contribution in [0.15, 0.2) is 22.5 Å². The fraction of sp³-hybridized carbons (Fsp3) is 0.636. The second-order valence-electron chi connectivity index (χ2n) is 4.90. The van der Waals surface area contributed by atoms with Crippen molar-refractivity contribution >= 4 is 16.9 Å². The second kappa shape index (κ2) is 4.01.